The fraction of sp³-hybridized carbons (Fsp3) is 0.278. The molecule has 0 heterocycles. The number of methoxy groups -OCH3 is 2. The molecular formula is C18H20O3. The van der Waals surface area contributed by atoms with Crippen molar-refractivity contribution < 1.29 is 14.3 Å². The number of hydrogen-bond donors (Lipinski definition) is 0. The maximum atomic E-state index is 12.8. The Bertz CT molecular complexity index is 642. The molecule has 0 saturated carbocycles. The number of benzene rings is 2. The van der Waals surface area contributed by atoms with Crippen LogP contribution in [0.3, 0.4) is 0 Å². The zero-order valence-electron chi connectivity index (χ0n) is 12.9. The normalized spacial score (nSPS) is 10.3. The third kappa shape index (κ3) is 3.07. The number of ketones is 1. The zero-order chi connectivity index (χ0) is 15.4. The second-order valence-electron chi connectivity index (χ2n) is 4.89. The number of rotatable bonds is 5. The Morgan fingerprint density at radius 2 is 1.62 bits per heavy atom. The monoisotopic (exact) mass is 284 g/mol. The third-order valence-electron chi connectivity index (χ3n) is 3.59. The van der Waals surface area contributed by atoms with Gasteiger partial charge in [-0.15, -0.1) is 0 Å². The molecule has 0 aliphatic carbocycles. The van der Waals surface area contributed by atoms with Gasteiger partial charge >= 0.3 is 0 Å². The quantitative estimate of drug-likeness (QED) is 0.783. The van der Waals surface area contributed by atoms with Crippen LogP contribution in [0.5, 0.6) is 11.5 Å². The van der Waals surface area contributed by atoms with Gasteiger partial charge in [0.25, 0.3) is 0 Å². The smallest absolute Gasteiger partial charge is 0.193 e. The Balaban J connectivity index is 2.46. The molecule has 0 atom stereocenters. The molecular weight excluding hydrogens is 264 g/mol. The standard InChI is InChI=1S/C18H20O3/c1-5-13-11-16(21-4)10-12(2)17(13)18(19)14-6-8-15(20-3)9-7-14/h6-11H,5H2,1-4H3. The van der Waals surface area contributed by atoms with Gasteiger partial charge in [-0.2, -0.15) is 0 Å². The van der Waals surface area contributed by atoms with Gasteiger partial charge in [-0.1, -0.05) is 6.92 Å². The average Bonchev–Trinajstić information content (AvgIpc) is 2.53. The van der Waals surface area contributed by atoms with Crippen LogP contribution in [0.15, 0.2) is 36.4 Å². The molecule has 110 valence electrons. The summed E-state index contributed by atoms with van der Waals surface area (Å²) in [5.74, 6) is 1.57. The molecule has 2 aromatic rings. The summed E-state index contributed by atoms with van der Waals surface area (Å²) in [6.45, 7) is 3.98. The Labute approximate surface area is 125 Å². The highest BCUT2D eigenvalue weighted by Gasteiger charge is 2.17. The predicted octanol–water partition coefficient (Wildman–Crippen LogP) is 3.81. The molecule has 0 amide bonds. The molecule has 0 spiro atoms. The lowest BCUT2D eigenvalue weighted by atomic mass is 9.92. The molecule has 2 rings (SSSR count). The minimum Gasteiger partial charge on any atom is -0.497 e. The topological polar surface area (TPSA) is 35.5 Å². The molecule has 3 nitrogen and oxygen atoms in total. The molecule has 0 aliphatic rings. The van der Waals surface area contributed by atoms with E-state index in [1.54, 1.807) is 38.5 Å². The van der Waals surface area contributed by atoms with Crippen molar-refractivity contribution in [3.63, 3.8) is 0 Å². The highest BCUT2D eigenvalue weighted by molar-refractivity contribution is 6.11. The fourth-order valence-corrected chi connectivity index (χ4v) is 2.43. The van der Waals surface area contributed by atoms with E-state index in [-0.39, 0.29) is 5.78 Å². The summed E-state index contributed by atoms with van der Waals surface area (Å²) in [6.07, 6.45) is 0.787. The highest BCUT2D eigenvalue weighted by atomic mass is 16.5. The van der Waals surface area contributed by atoms with E-state index in [9.17, 15) is 4.79 Å². The van der Waals surface area contributed by atoms with Gasteiger partial charge in [0.1, 0.15) is 11.5 Å². The zero-order valence-corrected chi connectivity index (χ0v) is 12.9. The number of ether oxygens (including phenoxy) is 2. The first-order chi connectivity index (χ1) is 10.1. The summed E-state index contributed by atoms with van der Waals surface area (Å²) < 4.78 is 10.4. The summed E-state index contributed by atoms with van der Waals surface area (Å²) in [7, 11) is 3.25. The first kappa shape index (κ1) is 15.1. The SMILES string of the molecule is CCc1cc(OC)cc(C)c1C(=O)c1ccc(OC)cc1. The number of carbonyl (C=O) groups excluding carboxylic acids is 1. The summed E-state index contributed by atoms with van der Waals surface area (Å²) >= 11 is 0. The van der Waals surface area contributed by atoms with Crippen LogP contribution in [0.2, 0.25) is 0 Å². The van der Waals surface area contributed by atoms with Crippen molar-refractivity contribution in [2.75, 3.05) is 14.2 Å². The van der Waals surface area contributed by atoms with E-state index in [0.29, 0.717) is 5.56 Å². The van der Waals surface area contributed by atoms with Crippen molar-refractivity contribution >= 4 is 5.78 Å². The van der Waals surface area contributed by atoms with Gasteiger partial charge in [0.15, 0.2) is 5.78 Å². The molecule has 0 aliphatic heterocycles. The van der Waals surface area contributed by atoms with Crippen LogP contribution in [-0.2, 0) is 6.42 Å². The van der Waals surface area contributed by atoms with E-state index in [4.69, 9.17) is 9.47 Å². The van der Waals surface area contributed by atoms with E-state index in [0.717, 1.165) is 34.6 Å². The van der Waals surface area contributed by atoms with Crippen molar-refractivity contribution in [1.29, 1.82) is 0 Å². The van der Waals surface area contributed by atoms with E-state index in [1.807, 2.05) is 26.0 Å². The Morgan fingerprint density at radius 3 is 2.14 bits per heavy atom. The highest BCUT2D eigenvalue weighted by Crippen LogP contribution is 2.26. The van der Waals surface area contributed by atoms with Crippen LogP contribution in [0.4, 0.5) is 0 Å². The van der Waals surface area contributed by atoms with Gasteiger partial charge in [-0.25, -0.2) is 0 Å². The second kappa shape index (κ2) is 6.44. The molecule has 0 unspecified atom stereocenters. The molecule has 0 saturated heterocycles. The Kier molecular flexibility index (Phi) is 4.63. The average molecular weight is 284 g/mol. The van der Waals surface area contributed by atoms with Crippen LogP contribution in [0.1, 0.15) is 34.0 Å². The van der Waals surface area contributed by atoms with Crippen molar-refractivity contribution in [3.8, 4) is 11.5 Å². The summed E-state index contributed by atoms with van der Waals surface area (Å²) in [4.78, 5) is 12.8. The van der Waals surface area contributed by atoms with E-state index < -0.39 is 0 Å². The van der Waals surface area contributed by atoms with Crippen molar-refractivity contribution in [2.24, 2.45) is 0 Å². The number of hydrogen-bond acceptors (Lipinski definition) is 3. The first-order valence-corrected chi connectivity index (χ1v) is 6.97. The second-order valence-corrected chi connectivity index (χ2v) is 4.89. The van der Waals surface area contributed by atoms with Crippen molar-refractivity contribution in [2.45, 2.75) is 20.3 Å². The van der Waals surface area contributed by atoms with Crippen LogP contribution in [0.25, 0.3) is 0 Å². The summed E-state index contributed by atoms with van der Waals surface area (Å²) in [5, 5.41) is 0. The molecule has 3 heteroatoms. The molecule has 21 heavy (non-hydrogen) atoms. The van der Waals surface area contributed by atoms with Crippen molar-refractivity contribution in [1.82, 2.24) is 0 Å². The molecule has 0 fully saturated rings. The van der Waals surface area contributed by atoms with Gasteiger partial charge in [0.2, 0.25) is 0 Å². The van der Waals surface area contributed by atoms with Gasteiger partial charge in [-0.3, -0.25) is 4.79 Å². The molecule has 0 N–H and O–H groups in total. The minimum atomic E-state index is 0.0367. The third-order valence-corrected chi connectivity index (χ3v) is 3.59. The van der Waals surface area contributed by atoms with Crippen LogP contribution < -0.4 is 9.47 Å². The Morgan fingerprint density at radius 1 is 1.00 bits per heavy atom. The van der Waals surface area contributed by atoms with Gasteiger partial charge < -0.3 is 9.47 Å². The predicted molar refractivity (Wildman–Crippen MR) is 83.5 cm³/mol. The molecule has 2 aromatic carbocycles. The van der Waals surface area contributed by atoms with E-state index in [1.165, 1.54) is 0 Å². The largest absolute Gasteiger partial charge is 0.497 e. The lowest BCUT2D eigenvalue weighted by Crippen LogP contribution is -2.08. The van der Waals surface area contributed by atoms with Gasteiger partial charge in [0.05, 0.1) is 14.2 Å². The minimum absolute atomic E-state index is 0.0367. The van der Waals surface area contributed by atoms with E-state index in [2.05, 4.69) is 0 Å². The number of carbonyl (C=O) groups is 1. The molecule has 0 bridgehead atoms. The maximum absolute atomic E-state index is 12.8. The number of aryl methyl sites for hydroxylation is 2. The first-order valence-electron chi connectivity index (χ1n) is 6.97. The van der Waals surface area contributed by atoms with Gasteiger partial charge in [0, 0.05) is 11.1 Å². The summed E-state index contributed by atoms with van der Waals surface area (Å²) in [5.41, 5.74) is 3.38. The maximum Gasteiger partial charge on any atom is 0.193 e. The van der Waals surface area contributed by atoms with Crippen LogP contribution >= 0.6 is 0 Å². The van der Waals surface area contributed by atoms with E-state index >= 15 is 0 Å². The molecule has 0 aromatic heterocycles. The molecule has 0 radical (unpaired) electrons. The van der Waals surface area contributed by atoms with Crippen LogP contribution in [-0.4, -0.2) is 20.0 Å². The Hall–Kier alpha value is -2.29. The van der Waals surface area contributed by atoms with Crippen LogP contribution in [0, 0.1) is 6.92 Å². The lowest BCUT2D eigenvalue weighted by molar-refractivity contribution is 0.103. The van der Waals surface area contributed by atoms with Gasteiger partial charge in [-0.05, 0) is 60.9 Å². The lowest BCUT2D eigenvalue weighted by Gasteiger charge is -2.13. The fourth-order valence-electron chi connectivity index (χ4n) is 2.43. The summed E-state index contributed by atoms with van der Waals surface area (Å²) in [6, 6.07) is 11.0. The van der Waals surface area contributed by atoms with Crippen molar-refractivity contribution in [3.05, 3.63) is 58.7 Å².